The Hall–Kier alpha value is -2.31. The Morgan fingerprint density at radius 3 is 2.33 bits per heavy atom. The highest BCUT2D eigenvalue weighted by Crippen LogP contribution is 2.32. The van der Waals surface area contributed by atoms with Crippen LogP contribution in [0.25, 0.3) is 0 Å². The van der Waals surface area contributed by atoms with Crippen LogP contribution >= 0.6 is 23.2 Å². The van der Waals surface area contributed by atoms with Crippen LogP contribution in [0, 0.1) is 0 Å². The van der Waals surface area contributed by atoms with Crippen LogP contribution in [0.1, 0.15) is 20.8 Å². The van der Waals surface area contributed by atoms with E-state index in [2.05, 4.69) is 10.3 Å². The van der Waals surface area contributed by atoms with Crippen molar-refractivity contribution in [3.05, 3.63) is 51.8 Å². The molecule has 1 amide bonds. The SMILES string of the molecule is O=C(O)c1cc(Cl)c(NC(=O)c2ncccc2O)c(Cl)c1. The predicted octanol–water partition coefficient (Wildman–Crippen LogP) is 3.04. The molecular formula is C13H8Cl2N2O4. The van der Waals surface area contributed by atoms with Crippen molar-refractivity contribution in [1.82, 2.24) is 4.98 Å². The number of carbonyl (C=O) groups is 2. The minimum atomic E-state index is -1.20. The number of hydrogen-bond donors (Lipinski definition) is 3. The van der Waals surface area contributed by atoms with E-state index in [0.29, 0.717) is 0 Å². The molecule has 0 radical (unpaired) electrons. The molecule has 0 fully saturated rings. The number of aromatic hydroxyl groups is 1. The van der Waals surface area contributed by atoms with Gasteiger partial charge in [0.25, 0.3) is 5.91 Å². The van der Waals surface area contributed by atoms with Gasteiger partial charge in [0.05, 0.1) is 21.3 Å². The predicted molar refractivity (Wildman–Crippen MR) is 77.3 cm³/mol. The summed E-state index contributed by atoms with van der Waals surface area (Å²) in [7, 11) is 0. The lowest BCUT2D eigenvalue weighted by molar-refractivity contribution is 0.0696. The maximum atomic E-state index is 12.0. The summed E-state index contributed by atoms with van der Waals surface area (Å²) >= 11 is 11.8. The topological polar surface area (TPSA) is 99.5 Å². The van der Waals surface area contributed by atoms with Gasteiger partial charge in [-0.1, -0.05) is 23.2 Å². The first-order chi connectivity index (χ1) is 9.90. The van der Waals surface area contributed by atoms with Crippen molar-refractivity contribution >= 4 is 40.8 Å². The minimum Gasteiger partial charge on any atom is -0.505 e. The Morgan fingerprint density at radius 1 is 1.19 bits per heavy atom. The van der Waals surface area contributed by atoms with Gasteiger partial charge in [0.15, 0.2) is 5.69 Å². The Bertz CT molecular complexity index is 711. The summed E-state index contributed by atoms with van der Waals surface area (Å²) in [5.41, 5.74) is -0.269. The van der Waals surface area contributed by atoms with E-state index in [1.54, 1.807) is 0 Å². The molecule has 0 aliphatic rings. The second-order valence-corrected chi connectivity index (χ2v) is 4.76. The lowest BCUT2D eigenvalue weighted by atomic mass is 10.2. The first-order valence-electron chi connectivity index (χ1n) is 5.58. The molecule has 0 unspecified atom stereocenters. The molecule has 6 nitrogen and oxygen atoms in total. The normalized spacial score (nSPS) is 10.2. The van der Waals surface area contributed by atoms with E-state index in [-0.39, 0.29) is 32.7 Å². The van der Waals surface area contributed by atoms with Crippen molar-refractivity contribution in [3.8, 4) is 5.75 Å². The van der Waals surface area contributed by atoms with Crippen molar-refractivity contribution in [1.29, 1.82) is 0 Å². The van der Waals surface area contributed by atoms with Crippen LogP contribution in [0.3, 0.4) is 0 Å². The minimum absolute atomic E-state index is 0.0383. The van der Waals surface area contributed by atoms with Gasteiger partial charge in [0.1, 0.15) is 5.75 Å². The van der Waals surface area contributed by atoms with Gasteiger partial charge in [-0.2, -0.15) is 0 Å². The van der Waals surface area contributed by atoms with Gasteiger partial charge in [-0.05, 0) is 24.3 Å². The zero-order chi connectivity index (χ0) is 15.6. The van der Waals surface area contributed by atoms with E-state index in [1.807, 2.05) is 0 Å². The van der Waals surface area contributed by atoms with Gasteiger partial charge >= 0.3 is 5.97 Å². The monoisotopic (exact) mass is 326 g/mol. The zero-order valence-corrected chi connectivity index (χ0v) is 11.8. The van der Waals surface area contributed by atoms with Crippen LogP contribution in [0.4, 0.5) is 5.69 Å². The molecule has 8 heteroatoms. The molecular weight excluding hydrogens is 319 g/mol. The summed E-state index contributed by atoms with van der Waals surface area (Å²) in [6.45, 7) is 0. The third kappa shape index (κ3) is 3.24. The number of aromatic carboxylic acids is 1. The number of pyridine rings is 1. The molecule has 1 aromatic heterocycles. The third-order valence-corrected chi connectivity index (χ3v) is 3.13. The molecule has 0 saturated heterocycles. The van der Waals surface area contributed by atoms with E-state index in [0.717, 1.165) is 12.1 Å². The van der Waals surface area contributed by atoms with Crippen molar-refractivity contribution < 1.29 is 19.8 Å². The number of halogens is 2. The number of carboxylic acid groups (broad SMARTS) is 1. The molecule has 0 spiro atoms. The fraction of sp³-hybridized carbons (Fsp3) is 0. The highest BCUT2D eigenvalue weighted by molar-refractivity contribution is 6.40. The second kappa shape index (κ2) is 5.99. The average Bonchev–Trinajstić information content (AvgIpc) is 2.42. The summed E-state index contributed by atoms with van der Waals surface area (Å²) in [5, 5.41) is 20.7. The molecule has 0 aliphatic carbocycles. The summed E-state index contributed by atoms with van der Waals surface area (Å²) in [4.78, 5) is 26.6. The molecule has 21 heavy (non-hydrogen) atoms. The Labute approximate surface area is 129 Å². The van der Waals surface area contributed by atoms with Crippen molar-refractivity contribution in [2.75, 3.05) is 5.32 Å². The number of rotatable bonds is 3. The molecule has 0 saturated carbocycles. The number of nitrogens with zero attached hydrogens (tertiary/aromatic N) is 1. The lowest BCUT2D eigenvalue weighted by Crippen LogP contribution is -2.14. The quantitative estimate of drug-likeness (QED) is 0.804. The van der Waals surface area contributed by atoms with E-state index >= 15 is 0 Å². The van der Waals surface area contributed by atoms with Crippen LogP contribution in [0.2, 0.25) is 10.0 Å². The third-order valence-electron chi connectivity index (χ3n) is 2.53. The zero-order valence-electron chi connectivity index (χ0n) is 10.3. The first-order valence-corrected chi connectivity index (χ1v) is 6.33. The number of benzene rings is 1. The number of hydrogen-bond acceptors (Lipinski definition) is 4. The summed E-state index contributed by atoms with van der Waals surface area (Å²) < 4.78 is 0. The summed E-state index contributed by atoms with van der Waals surface area (Å²) in [6.07, 6.45) is 1.34. The number of carbonyl (C=O) groups excluding carboxylic acids is 1. The molecule has 0 bridgehead atoms. The average molecular weight is 327 g/mol. The smallest absolute Gasteiger partial charge is 0.335 e. The molecule has 1 heterocycles. The second-order valence-electron chi connectivity index (χ2n) is 3.95. The van der Waals surface area contributed by atoms with Crippen molar-refractivity contribution in [3.63, 3.8) is 0 Å². The van der Waals surface area contributed by atoms with Gasteiger partial charge in [0, 0.05) is 6.20 Å². The number of aromatic nitrogens is 1. The molecule has 2 aromatic rings. The van der Waals surface area contributed by atoms with Crippen LogP contribution < -0.4 is 5.32 Å². The van der Waals surface area contributed by atoms with E-state index in [1.165, 1.54) is 18.3 Å². The van der Waals surface area contributed by atoms with E-state index < -0.39 is 11.9 Å². The Kier molecular flexibility index (Phi) is 4.30. The first kappa shape index (κ1) is 15.1. The maximum Gasteiger partial charge on any atom is 0.335 e. The lowest BCUT2D eigenvalue weighted by Gasteiger charge is -2.10. The molecule has 1 aromatic carbocycles. The van der Waals surface area contributed by atoms with Gasteiger partial charge in [-0.15, -0.1) is 0 Å². The molecule has 0 aliphatic heterocycles. The van der Waals surface area contributed by atoms with Crippen molar-refractivity contribution in [2.24, 2.45) is 0 Å². The standard InChI is InChI=1S/C13H8Cl2N2O4/c14-7-4-6(13(20)21)5-8(15)10(7)17-12(19)11-9(18)2-1-3-16-11/h1-5,18H,(H,17,19)(H,20,21). The van der Waals surface area contributed by atoms with Crippen LogP contribution in [0.5, 0.6) is 5.75 Å². The van der Waals surface area contributed by atoms with Crippen LogP contribution in [-0.4, -0.2) is 27.1 Å². The number of carboxylic acids is 1. The van der Waals surface area contributed by atoms with Crippen molar-refractivity contribution in [2.45, 2.75) is 0 Å². The number of anilines is 1. The molecule has 0 atom stereocenters. The van der Waals surface area contributed by atoms with Crippen LogP contribution in [0.15, 0.2) is 30.5 Å². The Balaban J connectivity index is 2.34. The van der Waals surface area contributed by atoms with Gasteiger partial charge in [-0.25, -0.2) is 9.78 Å². The van der Waals surface area contributed by atoms with Gasteiger partial charge in [-0.3, -0.25) is 4.79 Å². The Morgan fingerprint density at radius 2 is 1.81 bits per heavy atom. The van der Waals surface area contributed by atoms with Gasteiger partial charge < -0.3 is 15.5 Å². The maximum absolute atomic E-state index is 12.0. The number of amides is 1. The number of nitrogens with one attached hydrogen (secondary N) is 1. The highest BCUT2D eigenvalue weighted by Gasteiger charge is 2.17. The highest BCUT2D eigenvalue weighted by atomic mass is 35.5. The fourth-order valence-corrected chi connectivity index (χ4v) is 2.14. The van der Waals surface area contributed by atoms with Crippen LogP contribution in [-0.2, 0) is 0 Å². The summed E-state index contributed by atoms with van der Waals surface area (Å²) in [6, 6.07) is 5.08. The van der Waals surface area contributed by atoms with Gasteiger partial charge in [0.2, 0.25) is 0 Å². The fourth-order valence-electron chi connectivity index (χ4n) is 1.56. The molecule has 2 rings (SSSR count). The van der Waals surface area contributed by atoms with E-state index in [9.17, 15) is 14.7 Å². The largest absolute Gasteiger partial charge is 0.505 e. The molecule has 3 N–H and O–H groups in total. The summed E-state index contributed by atoms with van der Waals surface area (Å²) in [5.74, 6) is -2.22. The van der Waals surface area contributed by atoms with E-state index in [4.69, 9.17) is 28.3 Å². The molecule has 108 valence electrons.